The lowest BCUT2D eigenvalue weighted by Crippen LogP contribution is -2.42. The maximum atomic E-state index is 12.3. The highest BCUT2D eigenvalue weighted by atomic mass is 32.2. The zero-order valence-corrected chi connectivity index (χ0v) is 16.0. The Hall–Kier alpha value is -2.92. The molecular formula is C17H15N3O6S2. The second-order valence-electron chi connectivity index (χ2n) is 5.93. The second kappa shape index (κ2) is 7.98. The number of carbonyl (C=O) groups is 2. The van der Waals surface area contributed by atoms with Crippen molar-refractivity contribution >= 4 is 39.1 Å². The number of rotatable bonds is 5. The molecule has 0 fully saturated rings. The van der Waals surface area contributed by atoms with Gasteiger partial charge in [0.2, 0.25) is 5.91 Å². The number of hydrogen-bond donors (Lipinski definition) is 2. The van der Waals surface area contributed by atoms with Gasteiger partial charge in [0, 0.05) is 22.9 Å². The normalized spacial score (nSPS) is 16.8. The van der Waals surface area contributed by atoms with Crippen molar-refractivity contribution in [3.63, 3.8) is 0 Å². The predicted molar refractivity (Wildman–Crippen MR) is 102 cm³/mol. The second-order valence-corrected chi connectivity index (χ2v) is 9.12. The Bertz CT molecular complexity index is 1040. The molecule has 0 radical (unpaired) electrons. The Balaban J connectivity index is 1.59. The lowest BCUT2D eigenvalue weighted by Gasteiger charge is -2.11. The lowest BCUT2D eigenvalue weighted by molar-refractivity contribution is -0.385. The van der Waals surface area contributed by atoms with Gasteiger partial charge >= 0.3 is 0 Å². The first-order valence-corrected chi connectivity index (χ1v) is 10.7. The predicted octanol–water partition coefficient (Wildman–Crippen LogP) is 1.62. The number of benzene rings is 2. The molecule has 0 saturated carbocycles. The Morgan fingerprint density at radius 2 is 1.86 bits per heavy atom. The number of hydrazine groups is 1. The highest BCUT2D eigenvalue weighted by Gasteiger charge is 2.36. The number of non-ortho nitro benzene ring substituents is 1. The number of amides is 2. The van der Waals surface area contributed by atoms with Crippen molar-refractivity contribution in [2.24, 2.45) is 0 Å². The fraction of sp³-hybridized carbons (Fsp3) is 0.176. The zero-order chi connectivity index (χ0) is 20.3. The summed E-state index contributed by atoms with van der Waals surface area (Å²) in [6, 6.07) is 12.0. The Morgan fingerprint density at radius 1 is 1.14 bits per heavy atom. The summed E-state index contributed by atoms with van der Waals surface area (Å²) in [5.74, 6) is -1.30. The third kappa shape index (κ3) is 4.31. The van der Waals surface area contributed by atoms with E-state index < -0.39 is 31.8 Å². The number of nitrogens with one attached hydrogen (secondary N) is 2. The standard InChI is InChI=1S/C17H15N3O6S2/c21-16(18-19-17(22)11-4-2-1-3-5-11)9-27-14-10-28(25,26)15-8-12(20(23)24)6-7-13(14)15/h1-8,14H,9-10H2,(H,18,21)(H,19,22)/t14-/m1/s1. The van der Waals surface area contributed by atoms with Crippen LogP contribution >= 0.6 is 11.8 Å². The Kier molecular flexibility index (Phi) is 5.66. The van der Waals surface area contributed by atoms with E-state index in [2.05, 4.69) is 10.9 Å². The van der Waals surface area contributed by atoms with E-state index in [1.54, 1.807) is 30.3 Å². The molecule has 0 bridgehead atoms. The van der Waals surface area contributed by atoms with Crippen LogP contribution in [0.1, 0.15) is 21.2 Å². The molecule has 11 heteroatoms. The molecule has 1 heterocycles. The van der Waals surface area contributed by atoms with Gasteiger partial charge in [-0.15, -0.1) is 11.8 Å². The molecule has 0 spiro atoms. The third-order valence-corrected chi connectivity index (χ3v) is 7.29. The maximum Gasteiger partial charge on any atom is 0.270 e. The molecule has 1 aliphatic heterocycles. The number of nitro groups is 1. The van der Waals surface area contributed by atoms with Crippen LogP contribution in [0.3, 0.4) is 0 Å². The summed E-state index contributed by atoms with van der Waals surface area (Å²) in [6.07, 6.45) is 0. The summed E-state index contributed by atoms with van der Waals surface area (Å²) >= 11 is 1.09. The van der Waals surface area contributed by atoms with E-state index in [1.807, 2.05) is 0 Å². The van der Waals surface area contributed by atoms with Gasteiger partial charge in [0.15, 0.2) is 9.84 Å². The van der Waals surface area contributed by atoms with Gasteiger partial charge in [-0.3, -0.25) is 30.6 Å². The van der Waals surface area contributed by atoms with Crippen LogP contribution in [0.5, 0.6) is 0 Å². The number of nitrogens with zero attached hydrogens (tertiary/aromatic N) is 1. The van der Waals surface area contributed by atoms with Crippen molar-refractivity contribution in [3.05, 3.63) is 69.8 Å². The van der Waals surface area contributed by atoms with Crippen LogP contribution in [-0.2, 0) is 14.6 Å². The van der Waals surface area contributed by atoms with E-state index in [1.165, 1.54) is 12.1 Å². The van der Waals surface area contributed by atoms with Crippen LogP contribution in [0.2, 0.25) is 0 Å². The van der Waals surface area contributed by atoms with Crippen LogP contribution in [0.25, 0.3) is 0 Å². The van der Waals surface area contributed by atoms with Gasteiger partial charge in [-0.25, -0.2) is 8.42 Å². The summed E-state index contributed by atoms with van der Waals surface area (Å²) in [4.78, 5) is 34.0. The molecule has 9 nitrogen and oxygen atoms in total. The number of thioether (sulfide) groups is 1. The van der Waals surface area contributed by atoms with Crippen molar-refractivity contribution in [1.29, 1.82) is 0 Å². The molecule has 28 heavy (non-hydrogen) atoms. The van der Waals surface area contributed by atoms with Crippen LogP contribution in [-0.4, -0.2) is 36.7 Å². The lowest BCUT2D eigenvalue weighted by atomic mass is 10.1. The smallest absolute Gasteiger partial charge is 0.270 e. The summed E-state index contributed by atoms with van der Waals surface area (Å²) in [7, 11) is -3.65. The van der Waals surface area contributed by atoms with Gasteiger partial charge in [0.25, 0.3) is 11.6 Å². The Labute approximate surface area is 164 Å². The molecule has 2 N–H and O–H groups in total. The monoisotopic (exact) mass is 421 g/mol. The van der Waals surface area contributed by atoms with Gasteiger partial charge < -0.3 is 0 Å². The molecule has 0 aromatic heterocycles. The van der Waals surface area contributed by atoms with Crippen LogP contribution < -0.4 is 10.9 Å². The van der Waals surface area contributed by atoms with E-state index in [0.717, 1.165) is 17.8 Å². The van der Waals surface area contributed by atoms with E-state index in [9.17, 15) is 28.1 Å². The first-order chi connectivity index (χ1) is 13.3. The van der Waals surface area contributed by atoms with Crippen molar-refractivity contribution in [3.8, 4) is 0 Å². The van der Waals surface area contributed by atoms with E-state index in [0.29, 0.717) is 11.1 Å². The van der Waals surface area contributed by atoms with Crippen molar-refractivity contribution in [2.45, 2.75) is 10.1 Å². The van der Waals surface area contributed by atoms with Crippen molar-refractivity contribution in [1.82, 2.24) is 10.9 Å². The highest BCUT2D eigenvalue weighted by Crippen LogP contribution is 2.42. The quantitative estimate of drug-likeness (QED) is 0.553. The SMILES string of the molecule is O=C(CS[C@@H]1CS(=O)(=O)c2cc([N+](=O)[O-])ccc21)NNC(=O)c1ccccc1. The molecule has 0 saturated heterocycles. The van der Waals surface area contributed by atoms with Crippen LogP contribution in [0.15, 0.2) is 53.4 Å². The molecule has 0 aliphatic carbocycles. The number of nitro benzene ring substituents is 1. The molecule has 0 unspecified atom stereocenters. The van der Waals surface area contributed by atoms with E-state index in [-0.39, 0.29) is 22.1 Å². The minimum Gasteiger partial charge on any atom is -0.272 e. The molecule has 146 valence electrons. The molecule has 2 aromatic carbocycles. The average molecular weight is 421 g/mol. The molecular weight excluding hydrogens is 406 g/mol. The number of fused-ring (bicyclic) bond motifs is 1. The fourth-order valence-electron chi connectivity index (χ4n) is 2.69. The largest absolute Gasteiger partial charge is 0.272 e. The Morgan fingerprint density at radius 3 is 2.54 bits per heavy atom. The molecule has 1 atom stereocenters. The molecule has 2 aromatic rings. The average Bonchev–Trinajstić information content (AvgIpc) is 2.95. The van der Waals surface area contributed by atoms with Gasteiger partial charge in [0.1, 0.15) is 0 Å². The highest BCUT2D eigenvalue weighted by molar-refractivity contribution is 8.02. The topological polar surface area (TPSA) is 135 Å². The van der Waals surface area contributed by atoms with Crippen molar-refractivity contribution in [2.75, 3.05) is 11.5 Å². The van der Waals surface area contributed by atoms with E-state index >= 15 is 0 Å². The van der Waals surface area contributed by atoms with Gasteiger partial charge in [-0.1, -0.05) is 18.2 Å². The zero-order valence-electron chi connectivity index (χ0n) is 14.3. The molecule has 1 aliphatic rings. The third-order valence-electron chi connectivity index (χ3n) is 4.03. The van der Waals surface area contributed by atoms with Crippen LogP contribution in [0, 0.1) is 10.1 Å². The van der Waals surface area contributed by atoms with Gasteiger partial charge in [0.05, 0.1) is 21.3 Å². The van der Waals surface area contributed by atoms with E-state index in [4.69, 9.17) is 0 Å². The fourth-order valence-corrected chi connectivity index (χ4v) is 6.12. The minimum atomic E-state index is -3.65. The van der Waals surface area contributed by atoms with Gasteiger partial charge in [-0.2, -0.15) is 0 Å². The molecule has 2 amide bonds. The molecule has 3 rings (SSSR count). The van der Waals surface area contributed by atoms with Gasteiger partial charge in [-0.05, 0) is 23.8 Å². The minimum absolute atomic E-state index is 0.0722. The summed E-state index contributed by atoms with van der Waals surface area (Å²) in [6.45, 7) is 0. The summed E-state index contributed by atoms with van der Waals surface area (Å²) in [5.41, 5.74) is 5.09. The first kappa shape index (κ1) is 19.8. The summed E-state index contributed by atoms with van der Waals surface area (Å²) < 4.78 is 24.5. The number of sulfone groups is 1. The first-order valence-electron chi connectivity index (χ1n) is 8.05. The number of carbonyl (C=O) groups excluding carboxylic acids is 2. The summed E-state index contributed by atoms with van der Waals surface area (Å²) in [5, 5.41) is 10.3. The maximum absolute atomic E-state index is 12.3. The van der Waals surface area contributed by atoms with Crippen molar-refractivity contribution < 1.29 is 22.9 Å². The van der Waals surface area contributed by atoms with Crippen LogP contribution in [0.4, 0.5) is 5.69 Å². The number of hydrogen-bond acceptors (Lipinski definition) is 7.